The van der Waals surface area contributed by atoms with E-state index in [0.717, 1.165) is 65.9 Å². The Labute approximate surface area is 317 Å². The molecule has 3 aromatic rings. The molecule has 7 nitrogen and oxygen atoms in total. The first-order valence-electron chi connectivity index (χ1n) is 19.3. The van der Waals surface area contributed by atoms with Crippen LogP contribution < -0.4 is 0 Å². The fourth-order valence-corrected chi connectivity index (χ4v) is 8.09. The number of hydrogen-bond donors (Lipinski definition) is 1. The SMILES string of the molecule is C=C1C=C(c2ccc(C)cc2)C(CC)N1CCN(CCN(C=O)C(CC)/C(=C(\C)O)c1ccc(C)cc1)CCN1C(=O)C=C(c2ccccc2)C1CC. The summed E-state index contributed by atoms with van der Waals surface area (Å²) in [7, 11) is 0. The van der Waals surface area contributed by atoms with Gasteiger partial charge in [-0.15, -0.1) is 0 Å². The first-order chi connectivity index (χ1) is 25.6. The largest absolute Gasteiger partial charge is 0.512 e. The van der Waals surface area contributed by atoms with Gasteiger partial charge in [-0.1, -0.05) is 117 Å². The van der Waals surface area contributed by atoms with Crippen LogP contribution in [-0.4, -0.2) is 94.4 Å². The molecule has 0 radical (unpaired) electrons. The van der Waals surface area contributed by atoms with Crippen LogP contribution in [0.2, 0.25) is 0 Å². The molecule has 0 saturated heterocycles. The zero-order chi connectivity index (χ0) is 38.1. The summed E-state index contributed by atoms with van der Waals surface area (Å²) in [6.45, 7) is 20.6. The Hall–Kier alpha value is -4.88. The minimum Gasteiger partial charge on any atom is -0.512 e. The van der Waals surface area contributed by atoms with Gasteiger partial charge in [-0.3, -0.25) is 14.5 Å². The molecule has 0 aromatic heterocycles. The molecule has 2 aliphatic rings. The summed E-state index contributed by atoms with van der Waals surface area (Å²) in [5.74, 6) is 0.271. The van der Waals surface area contributed by atoms with Crippen molar-refractivity contribution in [3.05, 3.63) is 137 Å². The van der Waals surface area contributed by atoms with Crippen molar-refractivity contribution in [2.75, 3.05) is 39.3 Å². The molecule has 0 fully saturated rings. The van der Waals surface area contributed by atoms with Crippen molar-refractivity contribution in [2.24, 2.45) is 0 Å². The van der Waals surface area contributed by atoms with Gasteiger partial charge in [0.1, 0.15) is 0 Å². The second-order valence-electron chi connectivity index (χ2n) is 14.5. The van der Waals surface area contributed by atoms with Gasteiger partial charge in [0.15, 0.2) is 0 Å². The Morgan fingerprint density at radius 2 is 1.32 bits per heavy atom. The lowest BCUT2D eigenvalue weighted by Gasteiger charge is -2.36. The molecule has 280 valence electrons. The number of hydrogen-bond acceptors (Lipinski definition) is 5. The van der Waals surface area contributed by atoms with Crippen molar-refractivity contribution < 1.29 is 14.7 Å². The van der Waals surface area contributed by atoms with Gasteiger partial charge in [0.25, 0.3) is 0 Å². The third-order valence-corrected chi connectivity index (χ3v) is 11.0. The maximum Gasteiger partial charge on any atom is 0.247 e. The van der Waals surface area contributed by atoms with E-state index in [2.05, 4.69) is 86.5 Å². The predicted octanol–water partition coefficient (Wildman–Crippen LogP) is 8.53. The Kier molecular flexibility index (Phi) is 13.5. The molecule has 1 N–H and O–H groups in total. The number of aliphatic hydroxyl groups is 1. The third kappa shape index (κ3) is 9.20. The van der Waals surface area contributed by atoms with Crippen LogP contribution in [0, 0.1) is 13.8 Å². The number of aliphatic hydroxyl groups excluding tert-OH is 1. The van der Waals surface area contributed by atoms with E-state index < -0.39 is 0 Å². The molecule has 3 unspecified atom stereocenters. The maximum atomic E-state index is 13.5. The van der Waals surface area contributed by atoms with Crippen LogP contribution in [0.5, 0.6) is 0 Å². The molecule has 0 bridgehead atoms. The fraction of sp³-hybridized carbons (Fsp3) is 0.391. The van der Waals surface area contributed by atoms with Crippen molar-refractivity contribution >= 4 is 29.0 Å². The molecule has 5 rings (SSSR count). The molecule has 2 amide bonds. The maximum absolute atomic E-state index is 13.5. The number of allylic oxidation sites excluding steroid dienone is 2. The van der Waals surface area contributed by atoms with Gasteiger partial charge in [-0.25, -0.2) is 0 Å². The van der Waals surface area contributed by atoms with Crippen LogP contribution in [0.1, 0.15) is 74.8 Å². The molecule has 0 spiro atoms. The summed E-state index contributed by atoms with van der Waals surface area (Å²) in [6, 6.07) is 27.0. The number of rotatable bonds is 18. The van der Waals surface area contributed by atoms with Crippen molar-refractivity contribution in [1.29, 1.82) is 0 Å². The predicted molar refractivity (Wildman–Crippen MR) is 219 cm³/mol. The standard InChI is InChI=1S/C46H58N4O3/c1-8-42-40(38-20-16-33(4)17-21-38)30-35(6)49(42)28-25-47(26-29-50-43(9-2)41(31-45(50)53)37-14-12-11-13-15-37)24-27-48(32-51)44(10-3)46(36(7)52)39-22-18-34(5)19-23-39/h11-23,30-32,42-44,52H,6,8-10,24-29H2,1-5,7H3/b46-36+. The Morgan fingerprint density at radius 1 is 0.774 bits per heavy atom. The van der Waals surface area contributed by atoms with E-state index in [1.807, 2.05) is 65.3 Å². The summed E-state index contributed by atoms with van der Waals surface area (Å²) >= 11 is 0. The molecule has 3 atom stereocenters. The number of amides is 2. The number of carbonyl (C=O) groups is 2. The van der Waals surface area contributed by atoms with Gasteiger partial charge in [0, 0.05) is 56.6 Å². The second kappa shape index (κ2) is 18.2. The summed E-state index contributed by atoms with van der Waals surface area (Å²) in [5.41, 5.74) is 9.77. The van der Waals surface area contributed by atoms with Crippen molar-refractivity contribution in [3.63, 3.8) is 0 Å². The lowest BCUT2D eigenvalue weighted by Crippen LogP contribution is -2.47. The van der Waals surface area contributed by atoms with E-state index >= 15 is 0 Å². The zero-order valence-corrected chi connectivity index (χ0v) is 32.6. The van der Waals surface area contributed by atoms with Gasteiger partial charge in [0.2, 0.25) is 12.3 Å². The molecular formula is C46H58N4O3. The third-order valence-electron chi connectivity index (χ3n) is 11.0. The molecular weight excluding hydrogens is 657 g/mol. The number of aryl methyl sites for hydroxylation is 2. The smallest absolute Gasteiger partial charge is 0.247 e. The van der Waals surface area contributed by atoms with E-state index in [-0.39, 0.29) is 29.8 Å². The van der Waals surface area contributed by atoms with E-state index in [1.165, 1.54) is 16.7 Å². The van der Waals surface area contributed by atoms with E-state index in [4.69, 9.17) is 0 Å². The molecule has 3 aromatic carbocycles. The van der Waals surface area contributed by atoms with Crippen LogP contribution in [0.15, 0.2) is 109 Å². The van der Waals surface area contributed by atoms with Gasteiger partial charge >= 0.3 is 0 Å². The number of benzene rings is 3. The average molecular weight is 715 g/mol. The van der Waals surface area contributed by atoms with Crippen LogP contribution in [-0.2, 0) is 9.59 Å². The van der Waals surface area contributed by atoms with Gasteiger partial charge in [0.05, 0.1) is 23.9 Å². The number of carbonyl (C=O) groups excluding carboxylic acids is 2. The van der Waals surface area contributed by atoms with Crippen molar-refractivity contribution in [2.45, 2.75) is 78.9 Å². The monoisotopic (exact) mass is 714 g/mol. The minimum absolute atomic E-state index is 0.0153. The lowest BCUT2D eigenvalue weighted by atomic mass is 9.93. The first-order valence-corrected chi connectivity index (χ1v) is 19.3. The lowest BCUT2D eigenvalue weighted by molar-refractivity contribution is -0.126. The molecule has 2 aliphatic heterocycles. The topological polar surface area (TPSA) is 67.3 Å². The highest BCUT2D eigenvalue weighted by Crippen LogP contribution is 2.35. The number of nitrogens with zero attached hydrogens (tertiary/aromatic N) is 4. The second-order valence-corrected chi connectivity index (χ2v) is 14.5. The van der Waals surface area contributed by atoms with Crippen LogP contribution in [0.3, 0.4) is 0 Å². The molecule has 0 aliphatic carbocycles. The van der Waals surface area contributed by atoms with Crippen molar-refractivity contribution in [3.8, 4) is 0 Å². The highest BCUT2D eigenvalue weighted by molar-refractivity contribution is 6.02. The summed E-state index contributed by atoms with van der Waals surface area (Å²) < 4.78 is 0. The normalized spacial score (nSPS) is 18.3. The van der Waals surface area contributed by atoms with E-state index in [1.54, 1.807) is 6.92 Å². The van der Waals surface area contributed by atoms with E-state index in [0.29, 0.717) is 32.6 Å². The highest BCUT2D eigenvalue weighted by atomic mass is 16.3. The average Bonchev–Trinajstić information content (AvgIpc) is 3.67. The van der Waals surface area contributed by atoms with Gasteiger partial charge < -0.3 is 19.8 Å². The Morgan fingerprint density at radius 3 is 1.89 bits per heavy atom. The molecule has 2 heterocycles. The molecule has 53 heavy (non-hydrogen) atoms. The van der Waals surface area contributed by atoms with Crippen LogP contribution >= 0.6 is 0 Å². The van der Waals surface area contributed by atoms with E-state index in [9.17, 15) is 14.7 Å². The van der Waals surface area contributed by atoms with Gasteiger partial charge in [-0.2, -0.15) is 0 Å². The van der Waals surface area contributed by atoms with Gasteiger partial charge in [-0.05, 0) is 73.9 Å². The highest BCUT2D eigenvalue weighted by Gasteiger charge is 2.33. The first kappa shape index (κ1) is 39.3. The zero-order valence-electron chi connectivity index (χ0n) is 32.6. The summed E-state index contributed by atoms with van der Waals surface area (Å²) in [6.07, 6.45) is 7.40. The minimum atomic E-state index is -0.284. The van der Waals surface area contributed by atoms with Crippen LogP contribution in [0.25, 0.3) is 16.7 Å². The fourth-order valence-electron chi connectivity index (χ4n) is 8.09. The summed E-state index contributed by atoms with van der Waals surface area (Å²) in [4.78, 5) is 34.9. The molecule has 0 saturated carbocycles. The van der Waals surface area contributed by atoms with Crippen LogP contribution in [0.4, 0.5) is 0 Å². The van der Waals surface area contributed by atoms with Crippen molar-refractivity contribution in [1.82, 2.24) is 19.6 Å². The summed E-state index contributed by atoms with van der Waals surface area (Å²) in [5, 5.41) is 10.9. The molecule has 7 heteroatoms. The Balaban J connectivity index is 1.35. The quantitative estimate of drug-likeness (QED) is 0.106. The Bertz CT molecular complexity index is 1810.